The number of rotatable bonds is 7. The first-order valence-electron chi connectivity index (χ1n) is 11.0. The van der Waals surface area contributed by atoms with Crippen molar-refractivity contribution in [1.29, 1.82) is 0 Å². The molecule has 0 radical (unpaired) electrons. The molecule has 0 fully saturated rings. The number of hydrogen-bond acceptors (Lipinski definition) is 3. The molecule has 0 unspecified atom stereocenters. The van der Waals surface area contributed by atoms with Gasteiger partial charge >= 0.3 is 0 Å². The molecule has 32 heavy (non-hydrogen) atoms. The van der Waals surface area contributed by atoms with Crippen LogP contribution in [0.3, 0.4) is 0 Å². The summed E-state index contributed by atoms with van der Waals surface area (Å²) < 4.78 is 8.79. The minimum absolute atomic E-state index is 0.157. The summed E-state index contributed by atoms with van der Waals surface area (Å²) in [6.07, 6.45) is 0. The molecule has 0 atom stereocenters. The minimum Gasteiger partial charge on any atom is -0.494 e. The van der Waals surface area contributed by atoms with Gasteiger partial charge in [0.05, 0.1) is 17.6 Å². The topological polar surface area (TPSA) is 39.1 Å². The van der Waals surface area contributed by atoms with Gasteiger partial charge in [-0.05, 0) is 65.4 Å². The molecule has 1 N–H and O–H groups in total. The van der Waals surface area contributed by atoms with E-state index in [-0.39, 0.29) is 5.41 Å². The molecule has 0 saturated heterocycles. The van der Waals surface area contributed by atoms with Gasteiger partial charge in [-0.1, -0.05) is 73.7 Å². The van der Waals surface area contributed by atoms with Gasteiger partial charge in [0, 0.05) is 16.7 Å². The van der Waals surface area contributed by atoms with Gasteiger partial charge in [-0.2, -0.15) is 0 Å². The fourth-order valence-corrected chi connectivity index (χ4v) is 4.22. The summed E-state index contributed by atoms with van der Waals surface area (Å²) in [5, 5.41) is 3.57. The molecule has 3 aromatic carbocycles. The highest BCUT2D eigenvalue weighted by molar-refractivity contribution is 14.1. The Kier molecular flexibility index (Phi) is 6.74. The largest absolute Gasteiger partial charge is 0.494 e. The predicted molar refractivity (Wildman–Crippen MR) is 142 cm³/mol. The summed E-state index contributed by atoms with van der Waals surface area (Å²) in [5.41, 5.74) is 7.17. The monoisotopic (exact) mass is 539 g/mol. The average Bonchev–Trinajstić information content (AvgIpc) is 3.15. The van der Waals surface area contributed by atoms with E-state index >= 15 is 0 Å². The van der Waals surface area contributed by atoms with Gasteiger partial charge < -0.3 is 10.1 Å². The van der Waals surface area contributed by atoms with E-state index in [1.165, 1.54) is 16.7 Å². The summed E-state index contributed by atoms with van der Waals surface area (Å²) in [7, 11) is 0. The van der Waals surface area contributed by atoms with Gasteiger partial charge in [0.25, 0.3) is 0 Å². The number of anilines is 1. The summed E-state index contributed by atoms with van der Waals surface area (Å²) >= 11 is 2.40. The molecule has 1 heterocycles. The van der Waals surface area contributed by atoms with Crippen LogP contribution in [-0.2, 0) is 16.4 Å². The Bertz CT molecular complexity index is 1190. The van der Waals surface area contributed by atoms with E-state index in [0.717, 1.165) is 32.8 Å². The zero-order valence-electron chi connectivity index (χ0n) is 19.2. The van der Waals surface area contributed by atoms with E-state index in [1.807, 2.05) is 19.1 Å². The minimum atomic E-state index is 0.157. The molecule has 0 bridgehead atoms. The molecule has 1 aromatic heterocycles. The maximum absolute atomic E-state index is 5.63. The molecule has 0 saturated carbocycles. The number of nitrogens with zero attached hydrogens (tertiary/aromatic N) is 2. The standard InChI is InChI=1S/C27H30IN3O/c1-5-32-23-13-11-22(12-14-23)31-25-16-20(17-28)8-15-24(25)30-26(31)29-18-19-6-9-21(10-7-19)27(2,3)4/h6-16H,5,17-18H2,1-4H3,(H,29,30). The van der Waals surface area contributed by atoms with Gasteiger partial charge in [-0.3, -0.25) is 4.57 Å². The van der Waals surface area contributed by atoms with Crippen molar-refractivity contribution in [3.63, 3.8) is 0 Å². The third kappa shape index (κ3) is 4.93. The van der Waals surface area contributed by atoms with E-state index in [1.54, 1.807) is 0 Å². The van der Waals surface area contributed by atoms with Crippen LogP contribution in [0, 0.1) is 0 Å². The number of ether oxygens (including phenoxy) is 1. The van der Waals surface area contributed by atoms with Crippen molar-refractivity contribution in [2.75, 3.05) is 11.9 Å². The fraction of sp³-hybridized carbons (Fsp3) is 0.296. The lowest BCUT2D eigenvalue weighted by molar-refractivity contribution is 0.340. The fourth-order valence-electron chi connectivity index (χ4n) is 3.75. The molecule has 0 aliphatic heterocycles. The van der Waals surface area contributed by atoms with Gasteiger partial charge in [-0.25, -0.2) is 4.98 Å². The first-order valence-corrected chi connectivity index (χ1v) is 12.6. The number of hydrogen-bond donors (Lipinski definition) is 1. The van der Waals surface area contributed by atoms with Gasteiger partial charge in [0.1, 0.15) is 5.75 Å². The second-order valence-corrected chi connectivity index (χ2v) is 9.72. The van der Waals surface area contributed by atoms with Crippen LogP contribution >= 0.6 is 22.6 Å². The number of fused-ring (bicyclic) bond motifs is 1. The van der Waals surface area contributed by atoms with Crippen LogP contribution in [0.5, 0.6) is 5.75 Å². The summed E-state index contributed by atoms with van der Waals surface area (Å²) in [6, 6.07) is 23.5. The van der Waals surface area contributed by atoms with Crippen molar-refractivity contribution in [1.82, 2.24) is 9.55 Å². The van der Waals surface area contributed by atoms with Crippen LogP contribution in [0.25, 0.3) is 16.7 Å². The van der Waals surface area contributed by atoms with Crippen molar-refractivity contribution < 1.29 is 4.74 Å². The van der Waals surface area contributed by atoms with E-state index < -0.39 is 0 Å². The molecule has 4 aromatic rings. The number of alkyl halides is 1. The van der Waals surface area contributed by atoms with E-state index in [4.69, 9.17) is 9.72 Å². The zero-order valence-corrected chi connectivity index (χ0v) is 21.3. The highest BCUT2D eigenvalue weighted by Crippen LogP contribution is 2.28. The number of nitrogens with one attached hydrogen (secondary N) is 1. The first kappa shape index (κ1) is 22.6. The van der Waals surface area contributed by atoms with E-state index in [2.05, 4.69) is 108 Å². The average molecular weight is 539 g/mol. The molecule has 166 valence electrons. The molecule has 0 spiro atoms. The summed E-state index contributed by atoms with van der Waals surface area (Å²) in [5.74, 6) is 1.72. The molecule has 5 heteroatoms. The lowest BCUT2D eigenvalue weighted by Crippen LogP contribution is -2.11. The Morgan fingerprint density at radius 2 is 1.62 bits per heavy atom. The Morgan fingerprint density at radius 3 is 2.25 bits per heavy atom. The normalized spacial score (nSPS) is 11.7. The SMILES string of the molecule is CCOc1ccc(-n2c(NCc3ccc(C(C)(C)C)cc3)nc3ccc(CI)cc32)cc1. The lowest BCUT2D eigenvalue weighted by Gasteiger charge is -2.19. The zero-order chi connectivity index (χ0) is 22.7. The van der Waals surface area contributed by atoms with Crippen molar-refractivity contribution in [3.8, 4) is 11.4 Å². The molecular formula is C27H30IN3O. The van der Waals surface area contributed by atoms with Crippen LogP contribution in [0.2, 0.25) is 0 Å². The van der Waals surface area contributed by atoms with Crippen LogP contribution in [0.4, 0.5) is 5.95 Å². The van der Waals surface area contributed by atoms with Gasteiger partial charge in [0.15, 0.2) is 0 Å². The number of imidazole rings is 1. The van der Waals surface area contributed by atoms with Crippen LogP contribution < -0.4 is 10.1 Å². The number of aromatic nitrogens is 2. The Labute approximate surface area is 204 Å². The maximum atomic E-state index is 5.63. The molecule has 0 amide bonds. The van der Waals surface area contributed by atoms with Crippen molar-refractivity contribution in [3.05, 3.63) is 83.4 Å². The molecule has 4 rings (SSSR count). The highest BCUT2D eigenvalue weighted by Gasteiger charge is 2.15. The maximum Gasteiger partial charge on any atom is 0.208 e. The van der Waals surface area contributed by atoms with Crippen molar-refractivity contribution in [2.45, 2.75) is 44.1 Å². The van der Waals surface area contributed by atoms with Gasteiger partial charge in [0.2, 0.25) is 5.95 Å². The third-order valence-electron chi connectivity index (χ3n) is 5.55. The van der Waals surface area contributed by atoms with Gasteiger partial charge in [-0.15, -0.1) is 0 Å². The summed E-state index contributed by atoms with van der Waals surface area (Å²) in [6.45, 7) is 10.1. The van der Waals surface area contributed by atoms with Crippen molar-refractivity contribution >= 4 is 39.6 Å². The lowest BCUT2D eigenvalue weighted by atomic mass is 9.87. The third-order valence-corrected chi connectivity index (χ3v) is 6.43. The number of halogens is 1. The Balaban J connectivity index is 1.68. The molecule has 0 aliphatic rings. The van der Waals surface area contributed by atoms with E-state index in [9.17, 15) is 0 Å². The highest BCUT2D eigenvalue weighted by atomic mass is 127. The molecule has 0 aliphatic carbocycles. The van der Waals surface area contributed by atoms with Crippen LogP contribution in [0.15, 0.2) is 66.7 Å². The quantitative estimate of drug-likeness (QED) is 0.198. The number of benzene rings is 3. The van der Waals surface area contributed by atoms with E-state index in [0.29, 0.717) is 13.2 Å². The Hall–Kier alpha value is -2.54. The summed E-state index contributed by atoms with van der Waals surface area (Å²) in [4.78, 5) is 4.91. The molecule has 4 nitrogen and oxygen atoms in total. The van der Waals surface area contributed by atoms with Crippen molar-refractivity contribution in [2.24, 2.45) is 0 Å². The second kappa shape index (κ2) is 9.53. The smallest absolute Gasteiger partial charge is 0.208 e. The Morgan fingerprint density at radius 1 is 0.938 bits per heavy atom. The second-order valence-electron chi connectivity index (χ2n) is 8.95. The molecular weight excluding hydrogens is 509 g/mol. The predicted octanol–water partition coefficient (Wildman–Crippen LogP) is 7.27. The first-order chi connectivity index (χ1) is 15.4. The van der Waals surface area contributed by atoms with Crippen LogP contribution in [0.1, 0.15) is 44.4 Å². The van der Waals surface area contributed by atoms with Crippen LogP contribution in [-0.4, -0.2) is 16.2 Å².